The third-order valence-electron chi connectivity index (χ3n) is 2.69. The van der Waals surface area contributed by atoms with E-state index < -0.39 is 0 Å². The molecular formula is C14H22ClNO. The maximum Gasteiger partial charge on any atom is 0.119 e. The van der Waals surface area contributed by atoms with Crippen LogP contribution in [0.1, 0.15) is 25.3 Å². The SMILES string of the molecule is CCCN(C)CCCOc1ccc(Cl)c(C)c1. The second kappa shape index (κ2) is 7.57. The van der Waals surface area contributed by atoms with Crippen molar-refractivity contribution in [1.82, 2.24) is 4.90 Å². The minimum absolute atomic E-state index is 0.759. The molecule has 0 amide bonds. The molecule has 0 aliphatic rings. The lowest BCUT2D eigenvalue weighted by Gasteiger charge is -2.15. The molecule has 17 heavy (non-hydrogen) atoms. The van der Waals surface area contributed by atoms with E-state index in [4.69, 9.17) is 16.3 Å². The third-order valence-corrected chi connectivity index (χ3v) is 3.11. The zero-order chi connectivity index (χ0) is 12.7. The molecule has 0 aromatic heterocycles. The van der Waals surface area contributed by atoms with Crippen LogP contribution in [0.25, 0.3) is 0 Å². The molecule has 0 aliphatic carbocycles. The summed E-state index contributed by atoms with van der Waals surface area (Å²) in [4.78, 5) is 2.33. The molecule has 96 valence electrons. The quantitative estimate of drug-likeness (QED) is 0.688. The number of rotatable bonds is 7. The second-order valence-electron chi connectivity index (χ2n) is 4.42. The van der Waals surface area contributed by atoms with Gasteiger partial charge in [0.15, 0.2) is 0 Å². The topological polar surface area (TPSA) is 12.5 Å². The summed E-state index contributed by atoms with van der Waals surface area (Å²) in [5.41, 5.74) is 1.06. The van der Waals surface area contributed by atoms with Gasteiger partial charge >= 0.3 is 0 Å². The lowest BCUT2D eigenvalue weighted by Crippen LogP contribution is -2.21. The summed E-state index contributed by atoms with van der Waals surface area (Å²) in [5, 5.41) is 0.792. The molecule has 0 fully saturated rings. The Hall–Kier alpha value is -0.730. The molecule has 1 aromatic carbocycles. The zero-order valence-corrected chi connectivity index (χ0v) is 11.8. The van der Waals surface area contributed by atoms with Crippen LogP contribution in [0.4, 0.5) is 0 Å². The Kier molecular flexibility index (Phi) is 6.38. The highest BCUT2D eigenvalue weighted by molar-refractivity contribution is 6.31. The van der Waals surface area contributed by atoms with Crippen LogP contribution in [-0.2, 0) is 0 Å². The van der Waals surface area contributed by atoms with Crippen molar-refractivity contribution in [2.45, 2.75) is 26.7 Å². The molecule has 2 nitrogen and oxygen atoms in total. The van der Waals surface area contributed by atoms with Gasteiger partial charge in [-0.05, 0) is 57.1 Å². The van der Waals surface area contributed by atoms with Gasteiger partial charge in [-0.25, -0.2) is 0 Å². The number of nitrogens with zero attached hydrogens (tertiary/aromatic N) is 1. The third kappa shape index (κ3) is 5.42. The monoisotopic (exact) mass is 255 g/mol. The lowest BCUT2D eigenvalue weighted by molar-refractivity contribution is 0.263. The van der Waals surface area contributed by atoms with Crippen LogP contribution >= 0.6 is 11.6 Å². The predicted octanol–water partition coefficient (Wildman–Crippen LogP) is 3.76. The number of aryl methyl sites for hydroxylation is 1. The number of ether oxygens (including phenoxy) is 1. The van der Waals surface area contributed by atoms with Gasteiger partial charge in [0.2, 0.25) is 0 Å². The Morgan fingerprint density at radius 2 is 2.06 bits per heavy atom. The molecule has 1 aromatic rings. The van der Waals surface area contributed by atoms with E-state index in [1.54, 1.807) is 0 Å². The van der Waals surface area contributed by atoms with Crippen LogP contribution in [0, 0.1) is 6.92 Å². The van der Waals surface area contributed by atoms with Gasteiger partial charge in [0.25, 0.3) is 0 Å². The first-order chi connectivity index (χ1) is 8.13. The van der Waals surface area contributed by atoms with Gasteiger partial charge in [-0.3, -0.25) is 0 Å². The summed E-state index contributed by atoms with van der Waals surface area (Å²) in [7, 11) is 2.15. The summed E-state index contributed by atoms with van der Waals surface area (Å²) in [6.07, 6.45) is 2.26. The van der Waals surface area contributed by atoms with Gasteiger partial charge in [0.05, 0.1) is 6.61 Å². The van der Waals surface area contributed by atoms with Gasteiger partial charge < -0.3 is 9.64 Å². The number of hydrogen-bond acceptors (Lipinski definition) is 2. The van der Waals surface area contributed by atoms with E-state index in [2.05, 4.69) is 18.9 Å². The standard InChI is InChI=1S/C14H22ClNO/c1-4-8-16(3)9-5-10-17-13-6-7-14(15)12(2)11-13/h6-7,11H,4-5,8-10H2,1-3H3. The van der Waals surface area contributed by atoms with Crippen molar-refractivity contribution in [3.63, 3.8) is 0 Å². The Morgan fingerprint density at radius 3 is 2.71 bits per heavy atom. The van der Waals surface area contributed by atoms with Gasteiger partial charge in [0, 0.05) is 11.6 Å². The van der Waals surface area contributed by atoms with Crippen molar-refractivity contribution in [2.75, 3.05) is 26.7 Å². The fourth-order valence-electron chi connectivity index (χ4n) is 1.72. The van der Waals surface area contributed by atoms with Crippen LogP contribution in [0.5, 0.6) is 5.75 Å². The van der Waals surface area contributed by atoms with Crippen LogP contribution in [0.15, 0.2) is 18.2 Å². The molecule has 0 N–H and O–H groups in total. The Morgan fingerprint density at radius 1 is 1.29 bits per heavy atom. The summed E-state index contributed by atoms with van der Waals surface area (Å²) < 4.78 is 5.69. The summed E-state index contributed by atoms with van der Waals surface area (Å²) in [6, 6.07) is 5.79. The zero-order valence-electron chi connectivity index (χ0n) is 11.0. The summed E-state index contributed by atoms with van der Waals surface area (Å²) >= 11 is 5.96. The van der Waals surface area contributed by atoms with Gasteiger partial charge in [-0.15, -0.1) is 0 Å². The largest absolute Gasteiger partial charge is 0.494 e. The van der Waals surface area contributed by atoms with E-state index >= 15 is 0 Å². The highest BCUT2D eigenvalue weighted by Crippen LogP contribution is 2.20. The fourth-order valence-corrected chi connectivity index (χ4v) is 1.84. The molecule has 0 saturated heterocycles. The first kappa shape index (κ1) is 14.3. The van der Waals surface area contributed by atoms with Crippen molar-refractivity contribution in [2.24, 2.45) is 0 Å². The number of halogens is 1. The van der Waals surface area contributed by atoms with E-state index in [-0.39, 0.29) is 0 Å². The van der Waals surface area contributed by atoms with Crippen molar-refractivity contribution in [3.8, 4) is 5.75 Å². The molecule has 0 unspecified atom stereocenters. The van der Waals surface area contributed by atoms with E-state index in [9.17, 15) is 0 Å². The smallest absolute Gasteiger partial charge is 0.119 e. The van der Waals surface area contributed by atoms with Crippen LogP contribution in [0.3, 0.4) is 0 Å². The maximum absolute atomic E-state index is 5.96. The minimum Gasteiger partial charge on any atom is -0.494 e. The number of hydrogen-bond donors (Lipinski definition) is 0. The highest BCUT2D eigenvalue weighted by atomic mass is 35.5. The van der Waals surface area contributed by atoms with Crippen LogP contribution < -0.4 is 4.74 Å². The van der Waals surface area contributed by atoms with Gasteiger partial charge in [-0.1, -0.05) is 18.5 Å². The number of benzene rings is 1. The molecule has 1 rings (SSSR count). The predicted molar refractivity (Wildman–Crippen MR) is 74.1 cm³/mol. The van der Waals surface area contributed by atoms with E-state index in [1.165, 1.54) is 6.42 Å². The molecule has 0 spiro atoms. The Labute approximate surface area is 110 Å². The average molecular weight is 256 g/mol. The van der Waals surface area contributed by atoms with Crippen LogP contribution in [0.2, 0.25) is 5.02 Å². The summed E-state index contributed by atoms with van der Waals surface area (Å²) in [5.74, 6) is 0.907. The molecule has 0 aliphatic heterocycles. The van der Waals surface area contributed by atoms with Crippen molar-refractivity contribution in [3.05, 3.63) is 28.8 Å². The molecule has 0 saturated carbocycles. The molecule has 0 radical (unpaired) electrons. The van der Waals surface area contributed by atoms with E-state index in [0.717, 1.165) is 42.5 Å². The molecular weight excluding hydrogens is 234 g/mol. The molecule has 0 bridgehead atoms. The minimum atomic E-state index is 0.759. The highest BCUT2D eigenvalue weighted by Gasteiger charge is 2.00. The average Bonchev–Trinajstić information content (AvgIpc) is 2.29. The molecule has 3 heteroatoms. The second-order valence-corrected chi connectivity index (χ2v) is 4.82. The van der Waals surface area contributed by atoms with Crippen molar-refractivity contribution >= 4 is 11.6 Å². The molecule has 0 atom stereocenters. The molecule has 0 heterocycles. The van der Waals surface area contributed by atoms with Gasteiger partial charge in [-0.2, -0.15) is 0 Å². The van der Waals surface area contributed by atoms with Crippen LogP contribution in [-0.4, -0.2) is 31.6 Å². The van der Waals surface area contributed by atoms with Crippen molar-refractivity contribution < 1.29 is 4.74 Å². The lowest BCUT2D eigenvalue weighted by atomic mass is 10.2. The first-order valence-corrected chi connectivity index (χ1v) is 6.58. The Bertz CT molecular complexity index is 341. The first-order valence-electron chi connectivity index (χ1n) is 6.21. The summed E-state index contributed by atoms with van der Waals surface area (Å²) in [6.45, 7) is 7.18. The van der Waals surface area contributed by atoms with Gasteiger partial charge in [0.1, 0.15) is 5.75 Å². The van der Waals surface area contributed by atoms with Crippen molar-refractivity contribution in [1.29, 1.82) is 0 Å². The normalized spacial score (nSPS) is 10.9. The van der Waals surface area contributed by atoms with E-state index in [1.807, 2.05) is 25.1 Å². The Balaban J connectivity index is 2.24. The maximum atomic E-state index is 5.96. The van der Waals surface area contributed by atoms with E-state index in [0.29, 0.717) is 0 Å². The fraction of sp³-hybridized carbons (Fsp3) is 0.571.